The number of amides is 1. The molecule has 1 unspecified atom stereocenters. The zero-order valence-corrected chi connectivity index (χ0v) is 16.2. The third-order valence-corrected chi connectivity index (χ3v) is 6.86. The largest absolute Gasteiger partial charge is 0.351 e. The number of nitrogens with one attached hydrogen (secondary N) is 1. The average molecular weight is 369 g/mol. The number of hydrogen-bond acceptors (Lipinski definition) is 3. The van der Waals surface area contributed by atoms with Gasteiger partial charge in [0, 0.05) is 24.5 Å². The van der Waals surface area contributed by atoms with Crippen LogP contribution in [0.2, 0.25) is 0 Å². The standard InChI is InChI=1S/C22H28N2OS/c25-22(21-13-19-10-4-5-11-20(19)26-21)23-14-18-9-6-12-24(16-18)15-17-7-2-1-3-8-17/h1-3,7-8,13,18H,4-6,9-12,14-16H2,(H,23,25). The first-order valence-electron chi connectivity index (χ1n) is 9.94. The Morgan fingerprint density at radius 2 is 2.00 bits per heavy atom. The Morgan fingerprint density at radius 3 is 2.85 bits per heavy atom. The van der Waals surface area contributed by atoms with Crippen LogP contribution in [0.5, 0.6) is 0 Å². The lowest BCUT2D eigenvalue weighted by Crippen LogP contribution is -2.40. The molecule has 4 rings (SSSR count). The molecule has 1 N–H and O–H groups in total. The third-order valence-electron chi connectivity index (χ3n) is 5.62. The molecule has 1 aliphatic heterocycles. The number of fused-ring (bicyclic) bond motifs is 1. The number of nitrogens with zero attached hydrogens (tertiary/aromatic N) is 1. The lowest BCUT2D eigenvalue weighted by molar-refractivity contribution is 0.0934. The van der Waals surface area contributed by atoms with E-state index in [-0.39, 0.29) is 5.91 Å². The maximum atomic E-state index is 12.6. The third kappa shape index (κ3) is 4.36. The van der Waals surface area contributed by atoms with Crippen LogP contribution in [0.3, 0.4) is 0 Å². The van der Waals surface area contributed by atoms with Gasteiger partial charge in [0.1, 0.15) is 0 Å². The minimum absolute atomic E-state index is 0.129. The Bertz CT molecular complexity index is 716. The normalized spacial score (nSPS) is 20.5. The minimum atomic E-state index is 0.129. The van der Waals surface area contributed by atoms with Crippen molar-refractivity contribution in [1.82, 2.24) is 10.2 Å². The van der Waals surface area contributed by atoms with E-state index in [0.29, 0.717) is 5.92 Å². The number of benzene rings is 1. The van der Waals surface area contributed by atoms with Crippen LogP contribution < -0.4 is 5.32 Å². The molecule has 1 aliphatic carbocycles. The topological polar surface area (TPSA) is 32.3 Å². The highest BCUT2D eigenvalue weighted by Crippen LogP contribution is 2.29. The van der Waals surface area contributed by atoms with Gasteiger partial charge in [-0.25, -0.2) is 0 Å². The van der Waals surface area contributed by atoms with Gasteiger partial charge in [0.25, 0.3) is 5.91 Å². The molecule has 3 nitrogen and oxygen atoms in total. The van der Waals surface area contributed by atoms with Gasteiger partial charge < -0.3 is 5.32 Å². The molecule has 4 heteroatoms. The van der Waals surface area contributed by atoms with Gasteiger partial charge in [0.2, 0.25) is 0 Å². The molecule has 1 amide bonds. The fourth-order valence-corrected chi connectivity index (χ4v) is 5.40. The summed E-state index contributed by atoms with van der Waals surface area (Å²) in [6, 6.07) is 12.8. The molecule has 26 heavy (non-hydrogen) atoms. The smallest absolute Gasteiger partial charge is 0.261 e. The van der Waals surface area contributed by atoms with E-state index in [1.54, 1.807) is 11.3 Å². The number of aryl methyl sites for hydroxylation is 2. The van der Waals surface area contributed by atoms with Gasteiger partial charge in [-0.3, -0.25) is 9.69 Å². The van der Waals surface area contributed by atoms with Crippen LogP contribution in [0.25, 0.3) is 0 Å². The first-order chi connectivity index (χ1) is 12.8. The van der Waals surface area contributed by atoms with E-state index in [9.17, 15) is 4.79 Å². The second-order valence-corrected chi connectivity index (χ2v) is 8.84. The molecule has 0 bridgehead atoms. The van der Waals surface area contributed by atoms with E-state index >= 15 is 0 Å². The van der Waals surface area contributed by atoms with E-state index in [4.69, 9.17) is 0 Å². The van der Waals surface area contributed by atoms with E-state index in [2.05, 4.69) is 46.6 Å². The molecule has 0 saturated carbocycles. The number of carbonyl (C=O) groups is 1. The Morgan fingerprint density at radius 1 is 1.15 bits per heavy atom. The number of piperidine rings is 1. The summed E-state index contributed by atoms with van der Waals surface area (Å²) >= 11 is 1.71. The summed E-state index contributed by atoms with van der Waals surface area (Å²) in [6.45, 7) is 4.06. The van der Waals surface area contributed by atoms with Crippen LogP contribution >= 0.6 is 11.3 Å². The van der Waals surface area contributed by atoms with Crippen molar-refractivity contribution in [1.29, 1.82) is 0 Å². The predicted molar refractivity (Wildman–Crippen MR) is 108 cm³/mol. The highest BCUT2D eigenvalue weighted by Gasteiger charge is 2.22. The molecule has 1 atom stereocenters. The monoisotopic (exact) mass is 368 g/mol. The van der Waals surface area contributed by atoms with Crippen molar-refractivity contribution >= 4 is 17.2 Å². The van der Waals surface area contributed by atoms with E-state index in [1.165, 1.54) is 41.7 Å². The van der Waals surface area contributed by atoms with Crippen LogP contribution in [0, 0.1) is 5.92 Å². The molecular weight excluding hydrogens is 340 g/mol. The summed E-state index contributed by atoms with van der Waals surface area (Å²) < 4.78 is 0. The minimum Gasteiger partial charge on any atom is -0.351 e. The van der Waals surface area contributed by atoms with E-state index in [1.807, 2.05) is 0 Å². The van der Waals surface area contributed by atoms with Gasteiger partial charge in [-0.15, -0.1) is 11.3 Å². The summed E-state index contributed by atoms with van der Waals surface area (Å²) in [5, 5.41) is 3.21. The van der Waals surface area contributed by atoms with Crippen LogP contribution in [-0.2, 0) is 19.4 Å². The molecule has 0 radical (unpaired) electrons. The molecule has 1 aromatic heterocycles. The average Bonchev–Trinajstić information content (AvgIpc) is 3.12. The van der Waals surface area contributed by atoms with Gasteiger partial charge in [0.15, 0.2) is 0 Å². The van der Waals surface area contributed by atoms with Gasteiger partial charge >= 0.3 is 0 Å². The number of hydrogen-bond donors (Lipinski definition) is 1. The molecule has 1 fully saturated rings. The summed E-state index contributed by atoms with van der Waals surface area (Å²) in [6.07, 6.45) is 7.28. The lowest BCUT2D eigenvalue weighted by Gasteiger charge is -2.32. The number of likely N-dealkylation sites (tertiary alicyclic amines) is 1. The predicted octanol–water partition coefficient (Wildman–Crippen LogP) is 4.27. The molecule has 2 aromatic rings. The molecule has 2 heterocycles. The quantitative estimate of drug-likeness (QED) is 0.855. The van der Waals surface area contributed by atoms with Crippen molar-refractivity contribution in [2.45, 2.75) is 45.1 Å². The van der Waals surface area contributed by atoms with Gasteiger partial charge in [-0.1, -0.05) is 30.3 Å². The second-order valence-electron chi connectivity index (χ2n) is 7.71. The number of rotatable bonds is 5. The SMILES string of the molecule is O=C(NCC1CCCN(Cc2ccccc2)C1)c1cc2c(s1)CCCC2. The Labute approximate surface area is 160 Å². The van der Waals surface area contributed by atoms with Crippen LogP contribution in [0.4, 0.5) is 0 Å². The zero-order chi connectivity index (χ0) is 17.8. The highest BCUT2D eigenvalue weighted by molar-refractivity contribution is 7.14. The first kappa shape index (κ1) is 17.7. The Hall–Kier alpha value is -1.65. The molecule has 1 aromatic carbocycles. The fourth-order valence-electron chi connectivity index (χ4n) is 4.23. The van der Waals surface area contributed by atoms with Gasteiger partial charge in [-0.2, -0.15) is 0 Å². The van der Waals surface area contributed by atoms with E-state index in [0.717, 1.165) is 43.9 Å². The number of thiophene rings is 1. The molecular formula is C22H28N2OS. The van der Waals surface area contributed by atoms with Crippen molar-refractivity contribution in [3.8, 4) is 0 Å². The molecule has 1 saturated heterocycles. The maximum Gasteiger partial charge on any atom is 0.261 e. The van der Waals surface area contributed by atoms with Crippen LogP contribution in [0.1, 0.15) is 51.4 Å². The Kier molecular flexibility index (Phi) is 5.71. The van der Waals surface area contributed by atoms with E-state index < -0.39 is 0 Å². The maximum absolute atomic E-state index is 12.6. The van der Waals surface area contributed by atoms with Crippen LogP contribution in [0.15, 0.2) is 36.4 Å². The van der Waals surface area contributed by atoms with Crippen molar-refractivity contribution in [3.63, 3.8) is 0 Å². The second kappa shape index (κ2) is 8.36. The van der Waals surface area contributed by atoms with Crippen LogP contribution in [-0.4, -0.2) is 30.4 Å². The summed E-state index contributed by atoms with van der Waals surface area (Å²) in [5.74, 6) is 0.690. The molecule has 0 spiro atoms. The zero-order valence-electron chi connectivity index (χ0n) is 15.4. The van der Waals surface area contributed by atoms with Crippen molar-refractivity contribution in [2.24, 2.45) is 5.92 Å². The Balaban J connectivity index is 1.28. The summed E-state index contributed by atoms with van der Waals surface area (Å²) in [7, 11) is 0. The van der Waals surface area contributed by atoms with Gasteiger partial charge in [0.05, 0.1) is 4.88 Å². The summed E-state index contributed by atoms with van der Waals surface area (Å²) in [4.78, 5) is 17.4. The fraction of sp³-hybridized carbons (Fsp3) is 0.500. The molecule has 2 aliphatic rings. The van der Waals surface area contributed by atoms with Crippen molar-refractivity contribution in [2.75, 3.05) is 19.6 Å². The molecule has 138 valence electrons. The lowest BCUT2D eigenvalue weighted by atomic mass is 9.97. The highest BCUT2D eigenvalue weighted by atomic mass is 32.1. The first-order valence-corrected chi connectivity index (χ1v) is 10.8. The van der Waals surface area contributed by atoms with Crippen molar-refractivity contribution < 1.29 is 4.79 Å². The number of carbonyl (C=O) groups excluding carboxylic acids is 1. The van der Waals surface area contributed by atoms with Gasteiger partial charge in [-0.05, 0) is 68.2 Å². The summed E-state index contributed by atoms with van der Waals surface area (Å²) in [5.41, 5.74) is 2.79. The van der Waals surface area contributed by atoms with Crippen molar-refractivity contribution in [3.05, 3.63) is 57.3 Å².